The average Bonchev–Trinajstić information content (AvgIpc) is 2.28. The van der Waals surface area contributed by atoms with Gasteiger partial charge in [-0.1, -0.05) is 6.92 Å². The van der Waals surface area contributed by atoms with Crippen LogP contribution in [0.4, 0.5) is 0 Å². The standard InChI is InChI=1S/C10H16N2O4S/c1-8(6-10(14)16-2)17(15)7-9(13)12-5-3-4-11/h8H,3,5-7H2,1-2H3,(H,12,13). The highest BCUT2D eigenvalue weighted by molar-refractivity contribution is 7.86. The number of nitrogens with zero attached hydrogens (tertiary/aromatic N) is 1. The normalized spacial score (nSPS) is 13.2. The Bertz CT molecular complexity index is 338. The molecule has 0 aromatic carbocycles. The van der Waals surface area contributed by atoms with E-state index in [2.05, 4.69) is 10.1 Å². The van der Waals surface area contributed by atoms with Crippen molar-refractivity contribution in [3.05, 3.63) is 0 Å². The number of esters is 1. The molecule has 7 heteroatoms. The first-order valence-corrected chi connectivity index (χ1v) is 6.47. The van der Waals surface area contributed by atoms with Crippen molar-refractivity contribution in [1.82, 2.24) is 5.32 Å². The summed E-state index contributed by atoms with van der Waals surface area (Å²) in [7, 11) is -0.162. The molecule has 6 nitrogen and oxygen atoms in total. The van der Waals surface area contributed by atoms with Gasteiger partial charge in [0.25, 0.3) is 0 Å². The second kappa shape index (κ2) is 8.70. The fourth-order valence-corrected chi connectivity index (χ4v) is 1.96. The summed E-state index contributed by atoms with van der Waals surface area (Å²) in [4.78, 5) is 22.2. The maximum Gasteiger partial charge on any atom is 0.306 e. The third kappa shape index (κ3) is 7.47. The zero-order valence-corrected chi connectivity index (χ0v) is 10.7. The monoisotopic (exact) mass is 260 g/mol. The topological polar surface area (TPSA) is 96.3 Å². The molecular weight excluding hydrogens is 244 g/mol. The first-order chi connectivity index (χ1) is 8.01. The maximum atomic E-state index is 11.6. The number of carbonyl (C=O) groups is 2. The van der Waals surface area contributed by atoms with Crippen molar-refractivity contribution < 1.29 is 18.5 Å². The molecule has 96 valence electrons. The smallest absolute Gasteiger partial charge is 0.306 e. The molecule has 0 bridgehead atoms. The number of rotatable bonds is 7. The first kappa shape index (κ1) is 15.6. The molecule has 0 aromatic rings. The van der Waals surface area contributed by atoms with E-state index in [0.29, 0.717) is 0 Å². The minimum atomic E-state index is -1.42. The largest absolute Gasteiger partial charge is 0.469 e. The second-order valence-electron chi connectivity index (χ2n) is 3.37. The number of hydrogen-bond donors (Lipinski definition) is 1. The van der Waals surface area contributed by atoms with Crippen molar-refractivity contribution in [3.8, 4) is 6.07 Å². The first-order valence-electron chi connectivity index (χ1n) is 5.09. The zero-order valence-electron chi connectivity index (χ0n) is 9.89. The van der Waals surface area contributed by atoms with Gasteiger partial charge in [-0.05, 0) is 0 Å². The van der Waals surface area contributed by atoms with E-state index in [4.69, 9.17) is 5.26 Å². The molecule has 2 atom stereocenters. The van der Waals surface area contributed by atoms with Crippen molar-refractivity contribution in [3.63, 3.8) is 0 Å². The number of ether oxygens (including phenoxy) is 1. The van der Waals surface area contributed by atoms with Crippen LogP contribution in [0.2, 0.25) is 0 Å². The van der Waals surface area contributed by atoms with Crippen molar-refractivity contribution in [1.29, 1.82) is 5.26 Å². The summed E-state index contributed by atoms with van der Waals surface area (Å²) >= 11 is 0. The Morgan fingerprint density at radius 3 is 2.71 bits per heavy atom. The van der Waals surface area contributed by atoms with E-state index in [-0.39, 0.29) is 31.0 Å². The van der Waals surface area contributed by atoms with Crippen molar-refractivity contribution in [2.75, 3.05) is 19.4 Å². The SMILES string of the molecule is COC(=O)CC(C)S(=O)CC(=O)NCCC#N. The summed E-state index contributed by atoms with van der Waals surface area (Å²) in [6, 6.07) is 1.88. The summed E-state index contributed by atoms with van der Waals surface area (Å²) in [5.41, 5.74) is 0. The van der Waals surface area contributed by atoms with Gasteiger partial charge >= 0.3 is 5.97 Å². The van der Waals surface area contributed by atoms with Gasteiger partial charge < -0.3 is 10.1 Å². The van der Waals surface area contributed by atoms with E-state index >= 15 is 0 Å². The highest BCUT2D eigenvalue weighted by Gasteiger charge is 2.18. The number of amides is 1. The van der Waals surface area contributed by atoms with Gasteiger partial charge in [-0.2, -0.15) is 5.26 Å². The predicted molar refractivity (Wildman–Crippen MR) is 62.3 cm³/mol. The molecule has 1 amide bonds. The Balaban J connectivity index is 3.95. The van der Waals surface area contributed by atoms with E-state index in [9.17, 15) is 13.8 Å². The lowest BCUT2D eigenvalue weighted by atomic mass is 10.3. The van der Waals surface area contributed by atoms with Gasteiger partial charge in [0.05, 0.1) is 26.0 Å². The molecule has 0 aliphatic rings. The van der Waals surface area contributed by atoms with Gasteiger partial charge in [0.15, 0.2) is 0 Å². The Morgan fingerprint density at radius 1 is 1.53 bits per heavy atom. The lowest BCUT2D eigenvalue weighted by molar-refractivity contribution is -0.140. The van der Waals surface area contributed by atoms with Crippen molar-refractivity contribution >= 4 is 22.7 Å². The molecule has 0 saturated carbocycles. The van der Waals surface area contributed by atoms with E-state index in [1.54, 1.807) is 6.92 Å². The summed E-state index contributed by atoms with van der Waals surface area (Å²) in [6.45, 7) is 1.87. The third-order valence-electron chi connectivity index (χ3n) is 1.96. The second-order valence-corrected chi connectivity index (χ2v) is 5.23. The molecule has 0 spiro atoms. The predicted octanol–water partition coefficient (Wildman–Crippen LogP) is -0.283. The van der Waals surface area contributed by atoms with E-state index < -0.39 is 22.0 Å². The van der Waals surface area contributed by atoms with E-state index in [1.165, 1.54) is 7.11 Å². The number of nitriles is 1. The number of hydrogen-bond acceptors (Lipinski definition) is 5. The van der Waals surface area contributed by atoms with Gasteiger partial charge in [0.1, 0.15) is 5.75 Å². The molecule has 2 unspecified atom stereocenters. The lowest BCUT2D eigenvalue weighted by Crippen LogP contribution is -2.32. The highest BCUT2D eigenvalue weighted by atomic mass is 32.2. The molecule has 17 heavy (non-hydrogen) atoms. The maximum absolute atomic E-state index is 11.6. The Labute approximate surface area is 103 Å². The summed E-state index contributed by atoms with van der Waals surface area (Å²) in [6.07, 6.45) is 0.241. The molecule has 0 aromatic heterocycles. The van der Waals surface area contributed by atoms with Gasteiger partial charge in [-0.25, -0.2) is 0 Å². The highest BCUT2D eigenvalue weighted by Crippen LogP contribution is 2.03. The van der Waals surface area contributed by atoms with Crippen LogP contribution in [0.1, 0.15) is 19.8 Å². The molecule has 0 aliphatic carbocycles. The molecule has 0 rings (SSSR count). The van der Waals surface area contributed by atoms with Crippen molar-refractivity contribution in [2.45, 2.75) is 25.0 Å². The Hall–Kier alpha value is -1.42. The molecule has 0 aliphatic heterocycles. The van der Waals surface area contributed by atoms with Crippen LogP contribution < -0.4 is 5.32 Å². The molecule has 0 saturated heterocycles. The van der Waals surface area contributed by atoms with Crippen LogP contribution in [0.5, 0.6) is 0 Å². The minimum Gasteiger partial charge on any atom is -0.469 e. The van der Waals surface area contributed by atoms with Crippen LogP contribution in [0.3, 0.4) is 0 Å². The van der Waals surface area contributed by atoms with E-state index in [0.717, 1.165) is 0 Å². The molecule has 0 fully saturated rings. The molecular formula is C10H16N2O4S. The third-order valence-corrected chi connectivity index (χ3v) is 3.57. The van der Waals surface area contributed by atoms with Gasteiger partial charge in [0, 0.05) is 22.6 Å². The van der Waals surface area contributed by atoms with Crippen LogP contribution in [-0.2, 0) is 25.1 Å². The van der Waals surface area contributed by atoms with Gasteiger partial charge in [-0.3, -0.25) is 13.8 Å². The number of carbonyl (C=O) groups excluding carboxylic acids is 2. The fraction of sp³-hybridized carbons (Fsp3) is 0.700. The van der Waals surface area contributed by atoms with Gasteiger partial charge in [-0.15, -0.1) is 0 Å². The van der Waals surface area contributed by atoms with Crippen LogP contribution in [-0.4, -0.2) is 40.7 Å². The van der Waals surface area contributed by atoms with Gasteiger partial charge in [0.2, 0.25) is 5.91 Å². The Kier molecular flexibility index (Phi) is 7.97. The molecule has 0 heterocycles. The zero-order chi connectivity index (χ0) is 13.3. The average molecular weight is 260 g/mol. The summed E-state index contributed by atoms with van der Waals surface area (Å²) < 4.78 is 16.1. The van der Waals surface area contributed by atoms with Crippen LogP contribution in [0.25, 0.3) is 0 Å². The van der Waals surface area contributed by atoms with Crippen molar-refractivity contribution in [2.24, 2.45) is 0 Å². The number of nitrogens with one attached hydrogen (secondary N) is 1. The minimum absolute atomic E-state index is 0.0224. The molecule has 1 N–H and O–H groups in total. The summed E-state index contributed by atoms with van der Waals surface area (Å²) in [5.74, 6) is -0.991. The fourth-order valence-electron chi connectivity index (χ4n) is 0.991. The lowest BCUT2D eigenvalue weighted by Gasteiger charge is -2.09. The quantitative estimate of drug-likeness (QED) is 0.501. The van der Waals surface area contributed by atoms with Crippen LogP contribution in [0.15, 0.2) is 0 Å². The Morgan fingerprint density at radius 2 is 2.18 bits per heavy atom. The summed E-state index contributed by atoms with van der Waals surface area (Å²) in [5, 5.41) is 10.3. The van der Waals surface area contributed by atoms with Crippen LogP contribution >= 0.6 is 0 Å². The van der Waals surface area contributed by atoms with E-state index in [1.807, 2.05) is 6.07 Å². The number of methoxy groups -OCH3 is 1. The molecule has 0 radical (unpaired) electrons. The van der Waals surface area contributed by atoms with Crippen LogP contribution in [0, 0.1) is 11.3 Å².